The van der Waals surface area contributed by atoms with Gasteiger partial charge >= 0.3 is 5.97 Å². The van der Waals surface area contributed by atoms with Crippen LogP contribution in [0.2, 0.25) is 0 Å². The highest BCUT2D eigenvalue weighted by Crippen LogP contribution is 2.12. The molecule has 0 spiro atoms. The molecule has 1 aromatic rings. The van der Waals surface area contributed by atoms with Crippen molar-refractivity contribution in [2.45, 2.75) is 45.6 Å². The van der Waals surface area contributed by atoms with E-state index in [1.165, 1.54) is 0 Å². The van der Waals surface area contributed by atoms with Crippen molar-refractivity contribution in [3.63, 3.8) is 0 Å². The van der Waals surface area contributed by atoms with Crippen LogP contribution in [0.5, 0.6) is 5.75 Å². The van der Waals surface area contributed by atoms with Crippen molar-refractivity contribution in [1.82, 2.24) is 5.32 Å². The molecule has 0 bridgehead atoms. The number of phenolic OH excluding ortho intramolecular Hbond substituents is 1. The molecule has 0 saturated heterocycles. The van der Waals surface area contributed by atoms with E-state index in [1.807, 2.05) is 19.1 Å². The summed E-state index contributed by atoms with van der Waals surface area (Å²) in [5, 5.41) is 20.7. The molecule has 5 nitrogen and oxygen atoms in total. The summed E-state index contributed by atoms with van der Waals surface area (Å²) in [6.07, 6.45) is 1.85. The molecular formula is C16H23NO4. The second-order valence-electron chi connectivity index (χ2n) is 5.58. The van der Waals surface area contributed by atoms with Crippen molar-refractivity contribution >= 4 is 11.9 Å². The number of aryl methyl sites for hydroxylation is 1. The van der Waals surface area contributed by atoms with Crippen LogP contribution in [-0.4, -0.2) is 28.1 Å². The summed E-state index contributed by atoms with van der Waals surface area (Å²) >= 11 is 0. The predicted molar refractivity (Wildman–Crippen MR) is 80.1 cm³/mol. The molecule has 0 aliphatic rings. The van der Waals surface area contributed by atoms with Gasteiger partial charge in [-0.1, -0.05) is 19.1 Å². The Bertz CT molecular complexity index is 470. The van der Waals surface area contributed by atoms with Crippen LogP contribution < -0.4 is 5.32 Å². The summed E-state index contributed by atoms with van der Waals surface area (Å²) in [6, 6.07) is 7.04. The zero-order valence-corrected chi connectivity index (χ0v) is 12.5. The lowest BCUT2D eigenvalue weighted by Crippen LogP contribution is -2.34. The normalized spacial score (nSPS) is 13.4. The molecule has 2 atom stereocenters. The van der Waals surface area contributed by atoms with Gasteiger partial charge in [0.15, 0.2) is 0 Å². The first kappa shape index (κ1) is 17.0. The van der Waals surface area contributed by atoms with Gasteiger partial charge < -0.3 is 15.5 Å². The summed E-state index contributed by atoms with van der Waals surface area (Å²) in [5.74, 6) is -0.906. The van der Waals surface area contributed by atoms with Gasteiger partial charge in [-0.05, 0) is 43.4 Å². The summed E-state index contributed by atoms with van der Waals surface area (Å²) in [7, 11) is 0. The number of nitrogens with one attached hydrogen (secondary N) is 1. The number of hydrogen-bond acceptors (Lipinski definition) is 3. The number of carbonyl (C=O) groups excluding carboxylic acids is 1. The van der Waals surface area contributed by atoms with Crippen LogP contribution >= 0.6 is 0 Å². The van der Waals surface area contributed by atoms with Gasteiger partial charge in [0.2, 0.25) is 5.91 Å². The van der Waals surface area contributed by atoms with Gasteiger partial charge in [0.1, 0.15) is 5.75 Å². The average molecular weight is 293 g/mol. The van der Waals surface area contributed by atoms with Crippen LogP contribution in [0.25, 0.3) is 0 Å². The van der Waals surface area contributed by atoms with Crippen LogP contribution in [-0.2, 0) is 16.0 Å². The number of phenols is 1. The van der Waals surface area contributed by atoms with Gasteiger partial charge in [-0.25, -0.2) is 0 Å². The largest absolute Gasteiger partial charge is 0.508 e. The second kappa shape index (κ2) is 8.29. The molecule has 0 aliphatic carbocycles. The molecule has 0 saturated carbocycles. The molecule has 21 heavy (non-hydrogen) atoms. The molecule has 1 amide bonds. The monoisotopic (exact) mass is 293 g/mol. The fourth-order valence-electron chi connectivity index (χ4n) is 2.14. The van der Waals surface area contributed by atoms with E-state index in [0.29, 0.717) is 0 Å². The Hall–Kier alpha value is -2.04. The quantitative estimate of drug-likeness (QED) is 0.686. The Balaban J connectivity index is 2.29. The lowest BCUT2D eigenvalue weighted by molar-refractivity contribution is -0.138. The van der Waals surface area contributed by atoms with Crippen molar-refractivity contribution in [3.05, 3.63) is 29.8 Å². The first-order valence-corrected chi connectivity index (χ1v) is 7.16. The third-order valence-corrected chi connectivity index (χ3v) is 3.27. The van der Waals surface area contributed by atoms with E-state index < -0.39 is 5.97 Å². The SMILES string of the molecule is CC(CC(=O)O)CC(=O)NC(C)CCc1ccc(O)cc1. The van der Waals surface area contributed by atoms with Crippen LogP contribution in [0.1, 0.15) is 38.7 Å². The lowest BCUT2D eigenvalue weighted by atomic mass is 10.0. The number of carboxylic acid groups (broad SMARTS) is 1. The number of carbonyl (C=O) groups is 2. The van der Waals surface area contributed by atoms with Crippen molar-refractivity contribution in [2.75, 3.05) is 0 Å². The number of aliphatic carboxylic acids is 1. The minimum Gasteiger partial charge on any atom is -0.508 e. The lowest BCUT2D eigenvalue weighted by Gasteiger charge is -2.15. The Morgan fingerprint density at radius 1 is 1.14 bits per heavy atom. The average Bonchev–Trinajstić information content (AvgIpc) is 2.36. The molecule has 0 heterocycles. The van der Waals surface area contributed by atoms with Crippen LogP contribution in [0.3, 0.4) is 0 Å². The van der Waals surface area contributed by atoms with Gasteiger partial charge in [0, 0.05) is 18.9 Å². The minimum atomic E-state index is -0.879. The molecule has 0 aliphatic heterocycles. The van der Waals surface area contributed by atoms with Crippen LogP contribution in [0.4, 0.5) is 0 Å². The molecule has 5 heteroatoms. The maximum Gasteiger partial charge on any atom is 0.303 e. The standard InChI is InChI=1S/C16H23NO4/c1-11(10-16(20)21)9-15(19)17-12(2)3-4-13-5-7-14(18)8-6-13/h5-8,11-12,18H,3-4,9-10H2,1-2H3,(H,17,19)(H,20,21). The third kappa shape index (κ3) is 7.34. The summed E-state index contributed by atoms with van der Waals surface area (Å²) in [6.45, 7) is 3.69. The van der Waals surface area contributed by atoms with Gasteiger partial charge in [0.25, 0.3) is 0 Å². The molecule has 0 fully saturated rings. The maximum atomic E-state index is 11.8. The van der Waals surface area contributed by atoms with Crippen molar-refractivity contribution < 1.29 is 19.8 Å². The fourth-order valence-corrected chi connectivity index (χ4v) is 2.14. The van der Waals surface area contributed by atoms with Crippen molar-refractivity contribution in [2.24, 2.45) is 5.92 Å². The van der Waals surface area contributed by atoms with Crippen LogP contribution in [0.15, 0.2) is 24.3 Å². The van der Waals surface area contributed by atoms with Crippen molar-refractivity contribution in [1.29, 1.82) is 0 Å². The summed E-state index contributed by atoms with van der Waals surface area (Å²) in [4.78, 5) is 22.3. The smallest absolute Gasteiger partial charge is 0.303 e. The molecule has 1 rings (SSSR count). The molecule has 0 radical (unpaired) electrons. The molecule has 116 valence electrons. The van der Waals surface area contributed by atoms with E-state index >= 15 is 0 Å². The summed E-state index contributed by atoms with van der Waals surface area (Å²) in [5.41, 5.74) is 1.10. The number of amides is 1. The van der Waals surface area contributed by atoms with Crippen molar-refractivity contribution in [3.8, 4) is 5.75 Å². The Morgan fingerprint density at radius 3 is 2.33 bits per heavy atom. The number of hydrogen-bond donors (Lipinski definition) is 3. The molecule has 3 N–H and O–H groups in total. The molecule has 2 unspecified atom stereocenters. The fraction of sp³-hybridized carbons (Fsp3) is 0.500. The second-order valence-corrected chi connectivity index (χ2v) is 5.58. The number of carboxylic acids is 1. The Morgan fingerprint density at radius 2 is 1.76 bits per heavy atom. The molecule has 1 aromatic carbocycles. The van der Waals surface area contributed by atoms with Gasteiger partial charge in [-0.3, -0.25) is 9.59 Å². The van der Waals surface area contributed by atoms with E-state index in [0.717, 1.165) is 18.4 Å². The highest BCUT2D eigenvalue weighted by molar-refractivity contribution is 5.77. The summed E-state index contributed by atoms with van der Waals surface area (Å²) < 4.78 is 0. The highest BCUT2D eigenvalue weighted by atomic mass is 16.4. The predicted octanol–water partition coefficient (Wildman–Crippen LogP) is 2.33. The Labute approximate surface area is 125 Å². The molecule has 0 aromatic heterocycles. The van der Waals surface area contributed by atoms with Crippen LogP contribution in [0, 0.1) is 5.92 Å². The highest BCUT2D eigenvalue weighted by Gasteiger charge is 2.14. The van der Waals surface area contributed by atoms with E-state index in [2.05, 4.69) is 5.32 Å². The zero-order chi connectivity index (χ0) is 15.8. The van der Waals surface area contributed by atoms with E-state index in [-0.39, 0.29) is 36.5 Å². The first-order valence-electron chi connectivity index (χ1n) is 7.16. The molecular weight excluding hydrogens is 270 g/mol. The van der Waals surface area contributed by atoms with E-state index in [4.69, 9.17) is 5.11 Å². The Kier molecular flexibility index (Phi) is 6.72. The van der Waals surface area contributed by atoms with Gasteiger partial charge in [-0.15, -0.1) is 0 Å². The first-order chi connectivity index (χ1) is 9.86. The minimum absolute atomic E-state index is 0.00924. The number of aromatic hydroxyl groups is 1. The topological polar surface area (TPSA) is 86.6 Å². The van der Waals surface area contributed by atoms with E-state index in [1.54, 1.807) is 19.1 Å². The van der Waals surface area contributed by atoms with Gasteiger partial charge in [-0.2, -0.15) is 0 Å². The zero-order valence-electron chi connectivity index (χ0n) is 12.5. The van der Waals surface area contributed by atoms with Gasteiger partial charge in [0.05, 0.1) is 0 Å². The number of rotatable bonds is 8. The number of benzene rings is 1. The third-order valence-electron chi connectivity index (χ3n) is 3.27. The maximum absolute atomic E-state index is 11.8. The van der Waals surface area contributed by atoms with E-state index in [9.17, 15) is 14.7 Å².